The van der Waals surface area contributed by atoms with Gasteiger partial charge in [0.1, 0.15) is 11.3 Å². The van der Waals surface area contributed by atoms with Crippen LogP contribution in [0.5, 0.6) is 5.75 Å². The Balaban J connectivity index is 1.80. The van der Waals surface area contributed by atoms with E-state index in [0.717, 1.165) is 4.90 Å². The van der Waals surface area contributed by atoms with E-state index in [9.17, 15) is 19.2 Å². The molecular weight excluding hydrogens is 459 g/mol. The molecule has 0 bridgehead atoms. The van der Waals surface area contributed by atoms with E-state index in [4.69, 9.17) is 32.7 Å². The number of halogens is 2. The number of anilines is 1. The topological polar surface area (TPSA) is 102 Å². The molecule has 1 saturated heterocycles. The molecular formula is C22H18Cl2N2O6. The molecule has 1 aliphatic heterocycles. The zero-order chi connectivity index (χ0) is 23.4. The monoisotopic (exact) mass is 476 g/mol. The van der Waals surface area contributed by atoms with E-state index in [1.807, 2.05) is 0 Å². The standard InChI is InChI=1S/C22H18Cl2N2O6/c1-12(2)32-18(27)11-31-14-8-6-13(7-9-14)10-15-20(28)25-22(30)26(21(15)29)17-5-3-4-16(23)19(17)24/h3-10,12H,11H2,1-2H3,(H,25,28,30)/b15-10+. The summed E-state index contributed by atoms with van der Waals surface area (Å²) in [5.74, 6) is -1.79. The van der Waals surface area contributed by atoms with Crippen LogP contribution in [0, 0.1) is 0 Å². The molecule has 0 atom stereocenters. The van der Waals surface area contributed by atoms with Gasteiger partial charge in [0.15, 0.2) is 6.61 Å². The van der Waals surface area contributed by atoms with Crippen LogP contribution in [-0.4, -0.2) is 36.5 Å². The van der Waals surface area contributed by atoms with Crippen molar-refractivity contribution in [1.82, 2.24) is 5.32 Å². The van der Waals surface area contributed by atoms with Crippen molar-refractivity contribution in [2.45, 2.75) is 20.0 Å². The average Bonchev–Trinajstić information content (AvgIpc) is 2.73. The Morgan fingerprint density at radius 1 is 1.09 bits per heavy atom. The second kappa shape index (κ2) is 9.84. The molecule has 0 unspecified atom stereocenters. The third-order valence-electron chi connectivity index (χ3n) is 4.19. The molecule has 166 valence electrons. The van der Waals surface area contributed by atoms with Crippen LogP contribution in [0.25, 0.3) is 6.08 Å². The van der Waals surface area contributed by atoms with Crippen molar-refractivity contribution in [3.8, 4) is 5.75 Å². The van der Waals surface area contributed by atoms with Gasteiger partial charge in [-0.3, -0.25) is 14.9 Å². The number of benzene rings is 2. The zero-order valence-corrected chi connectivity index (χ0v) is 18.6. The van der Waals surface area contributed by atoms with Crippen molar-refractivity contribution in [1.29, 1.82) is 0 Å². The first-order chi connectivity index (χ1) is 15.2. The Labute approximate surface area is 193 Å². The van der Waals surface area contributed by atoms with Crippen molar-refractivity contribution >= 4 is 58.8 Å². The van der Waals surface area contributed by atoms with Crippen LogP contribution < -0.4 is 15.0 Å². The quantitative estimate of drug-likeness (QED) is 0.384. The number of nitrogens with zero attached hydrogens (tertiary/aromatic N) is 1. The lowest BCUT2D eigenvalue weighted by molar-refractivity contribution is -0.149. The minimum Gasteiger partial charge on any atom is -0.482 e. The number of rotatable bonds is 6. The molecule has 32 heavy (non-hydrogen) atoms. The number of carbonyl (C=O) groups excluding carboxylic acids is 4. The molecule has 3 rings (SSSR count). The molecule has 0 radical (unpaired) electrons. The van der Waals surface area contributed by atoms with Gasteiger partial charge in [-0.2, -0.15) is 0 Å². The summed E-state index contributed by atoms with van der Waals surface area (Å²) in [6.07, 6.45) is 1.08. The lowest BCUT2D eigenvalue weighted by Gasteiger charge is -2.27. The van der Waals surface area contributed by atoms with Crippen LogP contribution in [0.3, 0.4) is 0 Å². The lowest BCUT2D eigenvalue weighted by Crippen LogP contribution is -2.54. The SMILES string of the molecule is CC(C)OC(=O)COc1ccc(/C=C2\C(=O)NC(=O)N(c3cccc(Cl)c3Cl)C2=O)cc1. The normalized spacial score (nSPS) is 15.2. The van der Waals surface area contributed by atoms with Crippen LogP contribution in [0.4, 0.5) is 10.5 Å². The largest absolute Gasteiger partial charge is 0.482 e. The first-order valence-corrected chi connectivity index (χ1v) is 10.2. The minimum absolute atomic E-state index is 0.00357. The summed E-state index contributed by atoms with van der Waals surface area (Å²) < 4.78 is 10.3. The molecule has 0 aliphatic carbocycles. The van der Waals surface area contributed by atoms with Crippen molar-refractivity contribution in [2.75, 3.05) is 11.5 Å². The number of hydrogen-bond donors (Lipinski definition) is 1. The van der Waals surface area contributed by atoms with E-state index in [2.05, 4.69) is 5.32 Å². The van der Waals surface area contributed by atoms with E-state index < -0.39 is 23.8 Å². The van der Waals surface area contributed by atoms with Gasteiger partial charge in [-0.1, -0.05) is 41.4 Å². The lowest BCUT2D eigenvalue weighted by atomic mass is 10.1. The molecule has 1 heterocycles. The fourth-order valence-corrected chi connectivity index (χ4v) is 3.19. The van der Waals surface area contributed by atoms with Crippen molar-refractivity contribution in [3.05, 3.63) is 63.6 Å². The van der Waals surface area contributed by atoms with Gasteiger partial charge in [0.25, 0.3) is 11.8 Å². The summed E-state index contributed by atoms with van der Waals surface area (Å²) in [6, 6.07) is 9.85. The summed E-state index contributed by atoms with van der Waals surface area (Å²) in [7, 11) is 0. The van der Waals surface area contributed by atoms with E-state index >= 15 is 0 Å². The highest BCUT2D eigenvalue weighted by Crippen LogP contribution is 2.34. The van der Waals surface area contributed by atoms with Crippen molar-refractivity contribution in [2.24, 2.45) is 0 Å². The van der Waals surface area contributed by atoms with E-state index in [1.165, 1.54) is 24.3 Å². The highest BCUT2D eigenvalue weighted by molar-refractivity contribution is 6.46. The first kappa shape index (κ1) is 23.3. The third-order valence-corrected chi connectivity index (χ3v) is 5.00. The zero-order valence-electron chi connectivity index (χ0n) is 17.1. The van der Waals surface area contributed by atoms with Crippen LogP contribution in [0.15, 0.2) is 48.0 Å². The molecule has 1 fully saturated rings. The van der Waals surface area contributed by atoms with Crippen LogP contribution in [-0.2, 0) is 19.1 Å². The van der Waals surface area contributed by atoms with Gasteiger partial charge in [-0.05, 0) is 49.8 Å². The predicted molar refractivity (Wildman–Crippen MR) is 119 cm³/mol. The highest BCUT2D eigenvalue weighted by atomic mass is 35.5. The smallest absolute Gasteiger partial charge is 0.344 e. The summed E-state index contributed by atoms with van der Waals surface area (Å²) in [6.45, 7) is 3.22. The molecule has 10 heteroatoms. The van der Waals surface area contributed by atoms with E-state index in [1.54, 1.807) is 38.1 Å². The second-order valence-electron chi connectivity index (χ2n) is 6.93. The maximum absolute atomic E-state index is 12.9. The van der Waals surface area contributed by atoms with Gasteiger partial charge in [-0.15, -0.1) is 0 Å². The molecule has 4 amide bonds. The van der Waals surface area contributed by atoms with Gasteiger partial charge in [0.05, 0.1) is 21.8 Å². The molecule has 2 aromatic rings. The van der Waals surface area contributed by atoms with Gasteiger partial charge in [-0.25, -0.2) is 14.5 Å². The van der Waals surface area contributed by atoms with E-state index in [0.29, 0.717) is 11.3 Å². The van der Waals surface area contributed by atoms with Crippen molar-refractivity contribution in [3.63, 3.8) is 0 Å². The van der Waals surface area contributed by atoms with Gasteiger partial charge >= 0.3 is 12.0 Å². The number of carbonyl (C=O) groups is 4. The predicted octanol–water partition coefficient (Wildman–Crippen LogP) is 3.99. The Kier molecular flexibility index (Phi) is 7.17. The Bertz CT molecular complexity index is 1110. The third kappa shape index (κ3) is 5.27. The molecule has 1 N–H and O–H groups in total. The molecule has 8 nitrogen and oxygen atoms in total. The maximum Gasteiger partial charge on any atom is 0.344 e. The number of hydrogen-bond acceptors (Lipinski definition) is 6. The Morgan fingerprint density at radius 3 is 2.44 bits per heavy atom. The highest BCUT2D eigenvalue weighted by Gasteiger charge is 2.38. The number of urea groups is 1. The maximum atomic E-state index is 12.9. The number of amides is 4. The van der Waals surface area contributed by atoms with Crippen LogP contribution >= 0.6 is 23.2 Å². The Morgan fingerprint density at radius 2 is 1.78 bits per heavy atom. The minimum atomic E-state index is -0.932. The number of esters is 1. The molecule has 0 saturated carbocycles. The first-order valence-electron chi connectivity index (χ1n) is 9.45. The molecule has 0 spiro atoms. The fraction of sp³-hybridized carbons (Fsp3) is 0.182. The van der Waals surface area contributed by atoms with E-state index in [-0.39, 0.29) is 34.0 Å². The molecule has 1 aliphatic rings. The Hall–Kier alpha value is -3.36. The number of barbiturate groups is 1. The van der Waals surface area contributed by atoms with Crippen molar-refractivity contribution < 1.29 is 28.7 Å². The number of nitrogens with one attached hydrogen (secondary N) is 1. The van der Waals surface area contributed by atoms with Gasteiger partial charge in [0, 0.05) is 0 Å². The van der Waals surface area contributed by atoms with Crippen LogP contribution in [0.1, 0.15) is 19.4 Å². The molecule has 0 aromatic heterocycles. The molecule has 2 aromatic carbocycles. The van der Waals surface area contributed by atoms with Gasteiger partial charge < -0.3 is 9.47 Å². The number of ether oxygens (including phenoxy) is 2. The van der Waals surface area contributed by atoms with Crippen LogP contribution in [0.2, 0.25) is 10.0 Å². The van der Waals surface area contributed by atoms with Gasteiger partial charge in [0.2, 0.25) is 0 Å². The summed E-state index contributed by atoms with van der Waals surface area (Å²) >= 11 is 12.1. The number of imide groups is 2. The average molecular weight is 477 g/mol. The summed E-state index contributed by atoms with van der Waals surface area (Å²) in [5.41, 5.74) is 0.277. The summed E-state index contributed by atoms with van der Waals surface area (Å²) in [4.78, 5) is 49.9. The second-order valence-corrected chi connectivity index (χ2v) is 7.71. The summed E-state index contributed by atoms with van der Waals surface area (Å²) in [5, 5.41) is 2.27. The fourth-order valence-electron chi connectivity index (χ4n) is 2.81.